The van der Waals surface area contributed by atoms with Crippen LogP contribution in [0.5, 0.6) is 0 Å². The van der Waals surface area contributed by atoms with Crippen LogP contribution in [0, 0.1) is 17.3 Å². The third-order valence-electron chi connectivity index (χ3n) is 4.62. The van der Waals surface area contributed by atoms with Gasteiger partial charge in [-0.2, -0.15) is 0 Å². The molecule has 2 heteroatoms. The van der Waals surface area contributed by atoms with Crippen LogP contribution in [0.2, 0.25) is 0 Å². The van der Waals surface area contributed by atoms with Crippen LogP contribution in [0.25, 0.3) is 0 Å². The Kier molecular flexibility index (Phi) is 3.98. The molecule has 0 bridgehead atoms. The minimum Gasteiger partial charge on any atom is -0.481 e. The van der Waals surface area contributed by atoms with E-state index in [1.807, 2.05) is 18.2 Å². The van der Waals surface area contributed by atoms with Crippen molar-refractivity contribution < 1.29 is 9.90 Å². The average Bonchev–Trinajstić information content (AvgIpc) is 2.38. The maximum Gasteiger partial charge on any atom is 0.307 e. The molecule has 2 nitrogen and oxygen atoms in total. The summed E-state index contributed by atoms with van der Waals surface area (Å²) >= 11 is 0. The van der Waals surface area contributed by atoms with Crippen LogP contribution in [0.4, 0.5) is 0 Å². The highest BCUT2D eigenvalue weighted by Gasteiger charge is 2.39. The number of aliphatic carboxylic acids is 1. The summed E-state index contributed by atoms with van der Waals surface area (Å²) in [6.07, 6.45) is 2.82. The molecular weight excluding hydrogens is 236 g/mol. The SMILES string of the molecule is CC(C)(C)C1CCC(C(=O)O)C(c2ccccc2)C1. The Bertz CT molecular complexity index is 430. The zero-order valence-corrected chi connectivity index (χ0v) is 12.1. The Morgan fingerprint density at radius 3 is 2.32 bits per heavy atom. The molecule has 1 aliphatic carbocycles. The molecule has 3 unspecified atom stereocenters. The van der Waals surface area contributed by atoms with E-state index in [-0.39, 0.29) is 17.3 Å². The van der Waals surface area contributed by atoms with E-state index < -0.39 is 5.97 Å². The fourth-order valence-electron chi connectivity index (χ4n) is 3.32. The summed E-state index contributed by atoms with van der Waals surface area (Å²) in [6.45, 7) is 6.79. The molecule has 0 spiro atoms. The van der Waals surface area contributed by atoms with Gasteiger partial charge in [-0.1, -0.05) is 51.1 Å². The highest BCUT2D eigenvalue weighted by Crippen LogP contribution is 2.46. The van der Waals surface area contributed by atoms with Crippen LogP contribution < -0.4 is 0 Å². The van der Waals surface area contributed by atoms with E-state index in [1.165, 1.54) is 5.56 Å². The summed E-state index contributed by atoms with van der Waals surface area (Å²) < 4.78 is 0. The van der Waals surface area contributed by atoms with Crippen LogP contribution in [0.1, 0.15) is 51.5 Å². The predicted molar refractivity (Wildman–Crippen MR) is 77.1 cm³/mol. The lowest BCUT2D eigenvalue weighted by molar-refractivity contribution is -0.144. The number of rotatable bonds is 2. The van der Waals surface area contributed by atoms with E-state index >= 15 is 0 Å². The van der Waals surface area contributed by atoms with Gasteiger partial charge in [0.25, 0.3) is 0 Å². The largest absolute Gasteiger partial charge is 0.481 e. The van der Waals surface area contributed by atoms with Gasteiger partial charge in [0.2, 0.25) is 0 Å². The number of hydrogen-bond acceptors (Lipinski definition) is 1. The van der Waals surface area contributed by atoms with E-state index in [0.29, 0.717) is 5.92 Å². The van der Waals surface area contributed by atoms with Crippen molar-refractivity contribution in [3.05, 3.63) is 35.9 Å². The van der Waals surface area contributed by atoms with Crippen molar-refractivity contribution in [1.29, 1.82) is 0 Å². The molecule has 19 heavy (non-hydrogen) atoms. The summed E-state index contributed by atoms with van der Waals surface area (Å²) in [6, 6.07) is 10.2. The molecular formula is C17H24O2. The first-order valence-electron chi connectivity index (χ1n) is 7.17. The van der Waals surface area contributed by atoms with E-state index in [9.17, 15) is 9.90 Å². The molecule has 1 aromatic rings. The zero-order chi connectivity index (χ0) is 14.0. The maximum atomic E-state index is 11.5. The highest BCUT2D eigenvalue weighted by molar-refractivity contribution is 5.71. The summed E-state index contributed by atoms with van der Waals surface area (Å²) in [7, 11) is 0. The van der Waals surface area contributed by atoms with Crippen molar-refractivity contribution in [2.45, 2.75) is 46.0 Å². The van der Waals surface area contributed by atoms with Crippen molar-refractivity contribution in [3.63, 3.8) is 0 Å². The van der Waals surface area contributed by atoms with Gasteiger partial charge in [-0.05, 0) is 42.1 Å². The molecule has 1 N–H and O–H groups in total. The smallest absolute Gasteiger partial charge is 0.307 e. The van der Waals surface area contributed by atoms with Crippen molar-refractivity contribution in [1.82, 2.24) is 0 Å². The van der Waals surface area contributed by atoms with E-state index in [2.05, 4.69) is 32.9 Å². The summed E-state index contributed by atoms with van der Waals surface area (Å²) in [4.78, 5) is 11.5. The second kappa shape index (κ2) is 5.36. The van der Waals surface area contributed by atoms with Crippen molar-refractivity contribution in [2.75, 3.05) is 0 Å². The van der Waals surface area contributed by atoms with Crippen LogP contribution >= 0.6 is 0 Å². The van der Waals surface area contributed by atoms with Gasteiger partial charge in [-0.15, -0.1) is 0 Å². The van der Waals surface area contributed by atoms with E-state index in [0.717, 1.165) is 19.3 Å². The van der Waals surface area contributed by atoms with Gasteiger partial charge in [-0.3, -0.25) is 4.79 Å². The maximum absolute atomic E-state index is 11.5. The third kappa shape index (κ3) is 3.17. The quantitative estimate of drug-likeness (QED) is 0.860. The molecule has 1 fully saturated rings. The standard InChI is InChI=1S/C17H24O2/c1-17(2,3)13-9-10-14(16(18)19)15(11-13)12-7-5-4-6-8-12/h4-8,13-15H,9-11H2,1-3H3,(H,18,19). The van der Waals surface area contributed by atoms with Crippen LogP contribution in [-0.2, 0) is 4.79 Å². The first-order valence-corrected chi connectivity index (χ1v) is 7.17. The number of benzene rings is 1. The van der Waals surface area contributed by atoms with Crippen molar-refractivity contribution in [3.8, 4) is 0 Å². The van der Waals surface area contributed by atoms with Gasteiger partial charge in [-0.25, -0.2) is 0 Å². The lowest BCUT2D eigenvalue weighted by Gasteiger charge is -2.40. The fourth-order valence-corrected chi connectivity index (χ4v) is 3.32. The Labute approximate surface area is 115 Å². The molecule has 1 aromatic carbocycles. The molecule has 2 rings (SSSR count). The van der Waals surface area contributed by atoms with Gasteiger partial charge in [0.05, 0.1) is 5.92 Å². The molecule has 0 aliphatic heterocycles. The molecule has 104 valence electrons. The molecule has 0 heterocycles. The molecule has 1 saturated carbocycles. The monoisotopic (exact) mass is 260 g/mol. The van der Waals surface area contributed by atoms with Gasteiger partial charge in [0, 0.05) is 0 Å². The Morgan fingerprint density at radius 1 is 1.16 bits per heavy atom. The first kappa shape index (κ1) is 14.1. The summed E-state index contributed by atoms with van der Waals surface area (Å²) in [5.74, 6) is -0.0906. The zero-order valence-electron chi connectivity index (χ0n) is 12.1. The van der Waals surface area contributed by atoms with E-state index in [1.54, 1.807) is 0 Å². The van der Waals surface area contributed by atoms with Crippen molar-refractivity contribution in [2.24, 2.45) is 17.3 Å². The number of hydrogen-bond donors (Lipinski definition) is 1. The van der Waals surface area contributed by atoms with Crippen LogP contribution in [-0.4, -0.2) is 11.1 Å². The molecule has 1 aliphatic rings. The van der Waals surface area contributed by atoms with Crippen LogP contribution in [0.3, 0.4) is 0 Å². The van der Waals surface area contributed by atoms with Gasteiger partial charge >= 0.3 is 5.97 Å². The second-order valence-corrected chi connectivity index (χ2v) is 6.84. The molecule has 0 amide bonds. The summed E-state index contributed by atoms with van der Waals surface area (Å²) in [5, 5.41) is 9.46. The average molecular weight is 260 g/mol. The lowest BCUT2D eigenvalue weighted by Crippen LogP contribution is -2.34. The fraction of sp³-hybridized carbons (Fsp3) is 0.588. The van der Waals surface area contributed by atoms with Gasteiger partial charge < -0.3 is 5.11 Å². The second-order valence-electron chi connectivity index (χ2n) is 6.84. The van der Waals surface area contributed by atoms with Crippen LogP contribution in [0.15, 0.2) is 30.3 Å². The minimum atomic E-state index is -0.638. The Morgan fingerprint density at radius 2 is 1.79 bits per heavy atom. The molecule has 0 aromatic heterocycles. The van der Waals surface area contributed by atoms with E-state index in [4.69, 9.17) is 0 Å². The topological polar surface area (TPSA) is 37.3 Å². The summed E-state index contributed by atoms with van der Waals surface area (Å²) in [5.41, 5.74) is 1.44. The number of carboxylic acid groups (broad SMARTS) is 1. The minimum absolute atomic E-state index is 0.164. The first-order chi connectivity index (χ1) is 8.89. The molecule has 0 radical (unpaired) electrons. The third-order valence-corrected chi connectivity index (χ3v) is 4.62. The highest BCUT2D eigenvalue weighted by atomic mass is 16.4. The number of carbonyl (C=O) groups is 1. The predicted octanol–water partition coefficient (Wildman–Crippen LogP) is 4.32. The Balaban J connectivity index is 2.26. The van der Waals surface area contributed by atoms with Crippen molar-refractivity contribution >= 4 is 5.97 Å². The lowest BCUT2D eigenvalue weighted by atomic mass is 9.64. The number of carboxylic acids is 1. The Hall–Kier alpha value is -1.31. The van der Waals surface area contributed by atoms with Gasteiger partial charge in [0.15, 0.2) is 0 Å². The normalized spacial score (nSPS) is 28.1. The molecule has 3 atom stereocenters. The van der Waals surface area contributed by atoms with Gasteiger partial charge in [0.1, 0.15) is 0 Å². The molecule has 0 saturated heterocycles.